The smallest absolute Gasteiger partial charge is 0.248 e. The van der Waals surface area contributed by atoms with Crippen molar-refractivity contribution in [1.29, 1.82) is 0 Å². The minimum Gasteiger partial charge on any atom is -0.324 e. The van der Waals surface area contributed by atoms with Crippen LogP contribution in [0.25, 0.3) is 10.9 Å². The van der Waals surface area contributed by atoms with Crippen LogP contribution >= 0.6 is 0 Å². The molecule has 0 spiro atoms. The van der Waals surface area contributed by atoms with Crippen LogP contribution in [0.15, 0.2) is 79.0 Å². The van der Waals surface area contributed by atoms with E-state index >= 15 is 0 Å². The molecule has 164 valence electrons. The van der Waals surface area contributed by atoms with E-state index in [0.717, 1.165) is 22.9 Å². The molecule has 2 fully saturated rings. The second kappa shape index (κ2) is 7.66. The number of rotatable bonds is 5. The summed E-state index contributed by atoms with van der Waals surface area (Å²) in [5.41, 5.74) is 2.34. The number of pyridine rings is 1. The molecule has 33 heavy (non-hydrogen) atoms. The number of amides is 3. The molecule has 2 aliphatic carbocycles. The highest BCUT2D eigenvalue weighted by Gasteiger charge is 2.61. The van der Waals surface area contributed by atoms with Crippen LogP contribution in [0.2, 0.25) is 0 Å². The Bertz CT molecular complexity index is 1270. The standard InChI is InChI=1S/C27H23N3O3/c31-25(29-20-10-11-21-17(15-20)7-4-12-28-21)22(13-16-5-2-1-3-6-16)30-26(32)23-18-8-9-19(14-18)24(23)27(30)33/h1-12,15,18-19,22-24H,13-14H2,(H,29,31)/t18-,19-,22-,23-,24+/m0/s1. The first-order valence-corrected chi connectivity index (χ1v) is 11.3. The molecule has 2 aromatic carbocycles. The summed E-state index contributed by atoms with van der Waals surface area (Å²) in [7, 11) is 0. The zero-order valence-electron chi connectivity index (χ0n) is 17.9. The van der Waals surface area contributed by atoms with E-state index in [1.807, 2.05) is 54.6 Å². The van der Waals surface area contributed by atoms with Crippen LogP contribution in [-0.4, -0.2) is 33.6 Å². The number of nitrogens with zero attached hydrogens (tertiary/aromatic N) is 2. The van der Waals surface area contributed by atoms with Crippen molar-refractivity contribution in [3.63, 3.8) is 0 Å². The number of imide groups is 1. The zero-order chi connectivity index (χ0) is 22.5. The van der Waals surface area contributed by atoms with Crippen molar-refractivity contribution >= 4 is 34.3 Å². The van der Waals surface area contributed by atoms with E-state index in [-0.39, 0.29) is 47.8 Å². The number of hydrogen-bond donors (Lipinski definition) is 1. The van der Waals surface area contributed by atoms with Crippen molar-refractivity contribution in [3.05, 3.63) is 84.6 Å². The van der Waals surface area contributed by atoms with Gasteiger partial charge in [-0.2, -0.15) is 0 Å². The van der Waals surface area contributed by atoms with Crippen LogP contribution < -0.4 is 5.32 Å². The molecule has 6 nitrogen and oxygen atoms in total. The number of benzene rings is 2. The second-order valence-electron chi connectivity index (χ2n) is 9.15. The largest absolute Gasteiger partial charge is 0.324 e. The fraction of sp³-hybridized carbons (Fsp3) is 0.259. The van der Waals surface area contributed by atoms with Gasteiger partial charge in [-0.15, -0.1) is 0 Å². The number of anilines is 1. The summed E-state index contributed by atoms with van der Waals surface area (Å²) in [4.78, 5) is 46.0. The zero-order valence-corrected chi connectivity index (χ0v) is 17.9. The predicted molar refractivity (Wildman–Crippen MR) is 124 cm³/mol. The summed E-state index contributed by atoms with van der Waals surface area (Å²) in [5, 5.41) is 3.85. The molecular formula is C27H23N3O3. The Morgan fingerprint density at radius 2 is 1.70 bits per heavy atom. The van der Waals surface area contributed by atoms with Crippen LogP contribution in [-0.2, 0) is 20.8 Å². The quantitative estimate of drug-likeness (QED) is 0.489. The van der Waals surface area contributed by atoms with Crippen LogP contribution in [0.4, 0.5) is 5.69 Å². The van der Waals surface area contributed by atoms with Gasteiger partial charge >= 0.3 is 0 Å². The van der Waals surface area contributed by atoms with E-state index in [4.69, 9.17) is 0 Å². The Labute approximate surface area is 191 Å². The Balaban J connectivity index is 1.32. The minimum atomic E-state index is -0.901. The minimum absolute atomic E-state index is 0.106. The summed E-state index contributed by atoms with van der Waals surface area (Å²) >= 11 is 0. The average Bonchev–Trinajstić information content (AvgIpc) is 3.52. The van der Waals surface area contributed by atoms with Gasteiger partial charge in [0.25, 0.3) is 0 Å². The lowest BCUT2D eigenvalue weighted by molar-refractivity contribution is -0.147. The lowest BCUT2D eigenvalue weighted by atomic mass is 9.85. The van der Waals surface area contributed by atoms with Crippen molar-refractivity contribution in [2.45, 2.75) is 18.9 Å². The highest BCUT2D eigenvalue weighted by molar-refractivity contribution is 6.11. The maximum atomic E-state index is 13.5. The van der Waals surface area contributed by atoms with Crippen molar-refractivity contribution in [2.24, 2.45) is 23.7 Å². The highest BCUT2D eigenvalue weighted by atomic mass is 16.2. The van der Waals surface area contributed by atoms with Crippen LogP contribution in [0, 0.1) is 23.7 Å². The van der Waals surface area contributed by atoms with Gasteiger partial charge < -0.3 is 5.32 Å². The van der Waals surface area contributed by atoms with Crippen LogP contribution in [0.1, 0.15) is 12.0 Å². The highest BCUT2D eigenvalue weighted by Crippen LogP contribution is 2.53. The molecule has 6 heteroatoms. The molecule has 3 aromatic rings. The molecule has 5 atom stereocenters. The molecule has 6 rings (SSSR count). The van der Waals surface area contributed by atoms with Crippen molar-refractivity contribution in [1.82, 2.24) is 9.88 Å². The van der Waals surface area contributed by atoms with Crippen LogP contribution in [0.5, 0.6) is 0 Å². The summed E-state index contributed by atoms with van der Waals surface area (Å²) in [5.74, 6) is -1.22. The summed E-state index contributed by atoms with van der Waals surface area (Å²) in [6, 6.07) is 17.9. The molecule has 1 aliphatic heterocycles. The number of carbonyl (C=O) groups excluding carboxylic acids is 3. The van der Waals surface area contributed by atoms with E-state index in [0.29, 0.717) is 5.69 Å². The van der Waals surface area contributed by atoms with E-state index in [9.17, 15) is 14.4 Å². The molecule has 1 N–H and O–H groups in total. The Morgan fingerprint density at radius 1 is 0.970 bits per heavy atom. The molecule has 1 aromatic heterocycles. The van der Waals surface area contributed by atoms with Gasteiger partial charge in [0.05, 0.1) is 17.4 Å². The Hall–Kier alpha value is -3.80. The van der Waals surface area contributed by atoms with Crippen molar-refractivity contribution in [2.75, 3.05) is 5.32 Å². The lowest BCUT2D eigenvalue weighted by Crippen LogP contribution is -2.49. The molecule has 0 radical (unpaired) electrons. The number of aromatic nitrogens is 1. The molecule has 2 bridgehead atoms. The lowest BCUT2D eigenvalue weighted by Gasteiger charge is -2.27. The molecule has 2 heterocycles. The van der Waals surface area contributed by atoms with Crippen molar-refractivity contribution in [3.8, 4) is 0 Å². The second-order valence-corrected chi connectivity index (χ2v) is 9.15. The van der Waals surface area contributed by atoms with Gasteiger partial charge in [-0.1, -0.05) is 48.6 Å². The Morgan fingerprint density at radius 3 is 2.42 bits per heavy atom. The van der Waals surface area contributed by atoms with Gasteiger partial charge in [-0.3, -0.25) is 24.3 Å². The van der Waals surface area contributed by atoms with Gasteiger partial charge in [0.15, 0.2) is 0 Å². The normalized spacial score (nSPS) is 26.1. The molecule has 1 saturated carbocycles. The molecule has 0 unspecified atom stereocenters. The summed E-state index contributed by atoms with van der Waals surface area (Å²) in [6.45, 7) is 0. The van der Waals surface area contributed by atoms with Gasteiger partial charge in [-0.25, -0.2) is 0 Å². The number of nitrogens with one attached hydrogen (secondary N) is 1. The first-order valence-electron chi connectivity index (χ1n) is 11.3. The number of carbonyl (C=O) groups is 3. The number of hydrogen-bond acceptors (Lipinski definition) is 4. The van der Waals surface area contributed by atoms with Gasteiger partial charge in [0.2, 0.25) is 17.7 Å². The van der Waals surface area contributed by atoms with Crippen molar-refractivity contribution < 1.29 is 14.4 Å². The monoisotopic (exact) mass is 437 g/mol. The third kappa shape index (κ3) is 3.25. The summed E-state index contributed by atoms with van der Waals surface area (Å²) in [6.07, 6.45) is 6.99. The van der Waals surface area contributed by atoms with Gasteiger partial charge in [-0.05, 0) is 48.1 Å². The van der Waals surface area contributed by atoms with E-state index in [1.54, 1.807) is 12.3 Å². The van der Waals surface area contributed by atoms with E-state index in [2.05, 4.69) is 22.5 Å². The fourth-order valence-electron chi connectivity index (χ4n) is 5.75. The molecule has 3 aliphatic rings. The van der Waals surface area contributed by atoms with Gasteiger partial charge in [0.1, 0.15) is 6.04 Å². The third-order valence-corrected chi connectivity index (χ3v) is 7.26. The number of fused-ring (bicyclic) bond motifs is 6. The van der Waals surface area contributed by atoms with E-state index in [1.165, 1.54) is 4.90 Å². The maximum Gasteiger partial charge on any atom is 0.248 e. The Kier molecular flexibility index (Phi) is 4.61. The first-order chi connectivity index (χ1) is 16.1. The maximum absolute atomic E-state index is 13.5. The third-order valence-electron chi connectivity index (χ3n) is 7.26. The molecule has 3 amide bonds. The fourth-order valence-corrected chi connectivity index (χ4v) is 5.75. The first kappa shape index (κ1) is 19.9. The number of allylic oxidation sites excluding steroid dienone is 2. The molecule has 1 saturated heterocycles. The topological polar surface area (TPSA) is 79.4 Å². The van der Waals surface area contributed by atoms with Gasteiger partial charge in [0, 0.05) is 23.7 Å². The van der Waals surface area contributed by atoms with E-state index < -0.39 is 6.04 Å². The number of likely N-dealkylation sites (tertiary alicyclic amines) is 1. The molecular weight excluding hydrogens is 414 g/mol. The van der Waals surface area contributed by atoms with Crippen LogP contribution in [0.3, 0.4) is 0 Å². The summed E-state index contributed by atoms with van der Waals surface area (Å²) < 4.78 is 0. The SMILES string of the molecule is O=C(Nc1ccc2ncccc2c1)[C@H](Cc1ccccc1)N1C(=O)[C@@H]2[C@H](C1=O)[C@H]1C=C[C@H]2C1. The predicted octanol–water partition coefficient (Wildman–Crippen LogP) is 3.59. The average molecular weight is 437 g/mol.